The van der Waals surface area contributed by atoms with E-state index in [0.29, 0.717) is 16.4 Å². The van der Waals surface area contributed by atoms with Crippen molar-refractivity contribution in [3.8, 4) is 0 Å². The fourth-order valence-corrected chi connectivity index (χ4v) is 1.05. The smallest absolute Gasteiger partial charge is 0.252 e. The number of carbonyl (C=O) groups is 1. The van der Waals surface area contributed by atoms with Crippen LogP contribution in [0.15, 0.2) is 18.2 Å². The number of anilines is 2. The van der Waals surface area contributed by atoms with Gasteiger partial charge in [0.1, 0.15) is 6.10 Å². The molecule has 0 heterocycles. The lowest BCUT2D eigenvalue weighted by Gasteiger charge is -2.09. The number of benzene rings is 1. The number of aliphatic hydroxyl groups excluding tert-OH is 1. The van der Waals surface area contributed by atoms with E-state index in [1.165, 1.54) is 13.0 Å². The Morgan fingerprint density at radius 1 is 1.64 bits per heavy atom. The molecule has 1 amide bonds. The van der Waals surface area contributed by atoms with Gasteiger partial charge in [0.15, 0.2) is 0 Å². The Balaban J connectivity index is 2.86. The Morgan fingerprint density at radius 2 is 2.29 bits per heavy atom. The van der Waals surface area contributed by atoms with Crippen LogP contribution in [0.5, 0.6) is 0 Å². The molecule has 0 spiro atoms. The van der Waals surface area contributed by atoms with Crippen LogP contribution < -0.4 is 11.1 Å². The normalized spacial score (nSPS) is 12.2. The Labute approximate surface area is 86.7 Å². The van der Waals surface area contributed by atoms with Gasteiger partial charge in [0, 0.05) is 5.02 Å². The zero-order valence-electron chi connectivity index (χ0n) is 7.62. The number of rotatable bonds is 2. The third-order valence-corrected chi connectivity index (χ3v) is 1.89. The predicted octanol–water partition coefficient (Wildman–Crippen LogP) is 1.24. The third-order valence-electron chi connectivity index (χ3n) is 1.65. The van der Waals surface area contributed by atoms with Gasteiger partial charge in [-0.1, -0.05) is 11.6 Å². The van der Waals surface area contributed by atoms with Gasteiger partial charge in [0.05, 0.1) is 11.4 Å². The number of amides is 1. The van der Waals surface area contributed by atoms with E-state index in [0.717, 1.165) is 0 Å². The molecule has 1 aromatic carbocycles. The lowest BCUT2D eigenvalue weighted by Crippen LogP contribution is -2.24. The molecule has 0 saturated carbocycles. The first-order chi connectivity index (χ1) is 6.50. The van der Waals surface area contributed by atoms with Crippen molar-refractivity contribution >= 4 is 28.9 Å². The third kappa shape index (κ3) is 2.61. The summed E-state index contributed by atoms with van der Waals surface area (Å²) in [5.41, 5.74) is 6.39. The molecule has 1 aromatic rings. The molecule has 0 aromatic heterocycles. The lowest BCUT2D eigenvalue weighted by atomic mass is 10.2. The molecule has 4 nitrogen and oxygen atoms in total. The zero-order valence-corrected chi connectivity index (χ0v) is 8.38. The summed E-state index contributed by atoms with van der Waals surface area (Å²) in [6.07, 6.45) is -1.08. The zero-order chi connectivity index (χ0) is 10.7. The van der Waals surface area contributed by atoms with Gasteiger partial charge in [0.25, 0.3) is 5.91 Å². The topological polar surface area (TPSA) is 75.3 Å². The Hall–Kier alpha value is -1.26. The first kappa shape index (κ1) is 10.8. The largest absolute Gasteiger partial charge is 0.397 e. The molecule has 1 unspecified atom stereocenters. The van der Waals surface area contributed by atoms with Gasteiger partial charge in [-0.2, -0.15) is 0 Å². The molecule has 76 valence electrons. The number of nitrogens with one attached hydrogen (secondary N) is 1. The molecule has 0 radical (unpaired) electrons. The van der Waals surface area contributed by atoms with Gasteiger partial charge in [-0.25, -0.2) is 0 Å². The summed E-state index contributed by atoms with van der Waals surface area (Å²) in [6, 6.07) is 4.73. The first-order valence-corrected chi connectivity index (χ1v) is 4.42. The molecule has 0 fully saturated rings. The molecule has 4 N–H and O–H groups in total. The summed E-state index contributed by atoms with van der Waals surface area (Å²) in [6.45, 7) is 1.37. The molecule has 0 bridgehead atoms. The van der Waals surface area contributed by atoms with Gasteiger partial charge >= 0.3 is 0 Å². The molecule has 0 saturated heterocycles. The summed E-state index contributed by atoms with van der Waals surface area (Å²) in [4.78, 5) is 11.1. The van der Waals surface area contributed by atoms with Crippen molar-refractivity contribution in [2.45, 2.75) is 13.0 Å². The standard InChI is InChI=1S/C9H11ClN2O2/c1-5(13)9(14)12-8-4-6(10)2-3-7(8)11/h2-5,13H,11H2,1H3,(H,12,14). The molecule has 1 rings (SSSR count). The molecular weight excluding hydrogens is 204 g/mol. The van der Waals surface area contributed by atoms with E-state index in [4.69, 9.17) is 22.4 Å². The fourth-order valence-electron chi connectivity index (χ4n) is 0.874. The van der Waals surface area contributed by atoms with Crippen LogP contribution in [0, 0.1) is 0 Å². The van der Waals surface area contributed by atoms with E-state index in [-0.39, 0.29) is 0 Å². The second-order valence-corrected chi connectivity index (χ2v) is 3.33. The van der Waals surface area contributed by atoms with Crippen molar-refractivity contribution < 1.29 is 9.90 Å². The number of halogens is 1. The van der Waals surface area contributed by atoms with Crippen molar-refractivity contribution in [1.29, 1.82) is 0 Å². The number of hydrogen-bond acceptors (Lipinski definition) is 3. The SMILES string of the molecule is CC(O)C(=O)Nc1cc(Cl)ccc1N. The van der Waals surface area contributed by atoms with E-state index in [1.54, 1.807) is 12.1 Å². The Bertz CT molecular complexity index is 353. The van der Waals surface area contributed by atoms with Crippen LogP contribution in [0.3, 0.4) is 0 Å². The van der Waals surface area contributed by atoms with Crippen molar-refractivity contribution in [3.05, 3.63) is 23.2 Å². The Morgan fingerprint density at radius 3 is 2.86 bits per heavy atom. The van der Waals surface area contributed by atoms with Crippen LogP contribution in [0.25, 0.3) is 0 Å². The molecule has 0 aliphatic rings. The van der Waals surface area contributed by atoms with Crippen LogP contribution in [-0.2, 0) is 4.79 Å². The summed E-state index contributed by atoms with van der Waals surface area (Å²) in [7, 11) is 0. The molecule has 0 aliphatic heterocycles. The van der Waals surface area contributed by atoms with Crippen LogP contribution >= 0.6 is 11.6 Å². The second-order valence-electron chi connectivity index (χ2n) is 2.90. The van der Waals surface area contributed by atoms with Gasteiger partial charge in [-0.05, 0) is 25.1 Å². The highest BCUT2D eigenvalue weighted by Crippen LogP contribution is 2.22. The fraction of sp³-hybridized carbons (Fsp3) is 0.222. The highest BCUT2D eigenvalue weighted by Gasteiger charge is 2.10. The molecule has 0 aliphatic carbocycles. The quantitative estimate of drug-likeness (QED) is 0.649. The van der Waals surface area contributed by atoms with Gasteiger partial charge in [-0.15, -0.1) is 0 Å². The number of aliphatic hydroxyl groups is 1. The van der Waals surface area contributed by atoms with E-state index in [9.17, 15) is 4.79 Å². The summed E-state index contributed by atoms with van der Waals surface area (Å²) >= 11 is 5.71. The summed E-state index contributed by atoms with van der Waals surface area (Å²) < 4.78 is 0. The van der Waals surface area contributed by atoms with Crippen molar-refractivity contribution in [2.75, 3.05) is 11.1 Å². The van der Waals surface area contributed by atoms with Gasteiger partial charge in [0.2, 0.25) is 0 Å². The van der Waals surface area contributed by atoms with E-state index in [2.05, 4.69) is 5.32 Å². The number of hydrogen-bond donors (Lipinski definition) is 3. The summed E-state index contributed by atoms with van der Waals surface area (Å²) in [5.74, 6) is -0.515. The highest BCUT2D eigenvalue weighted by atomic mass is 35.5. The minimum atomic E-state index is -1.08. The lowest BCUT2D eigenvalue weighted by molar-refractivity contribution is -0.123. The minimum Gasteiger partial charge on any atom is -0.397 e. The van der Waals surface area contributed by atoms with E-state index < -0.39 is 12.0 Å². The van der Waals surface area contributed by atoms with Crippen LogP contribution in [-0.4, -0.2) is 17.1 Å². The van der Waals surface area contributed by atoms with Crippen molar-refractivity contribution in [3.63, 3.8) is 0 Å². The number of carbonyl (C=O) groups excluding carboxylic acids is 1. The molecule has 5 heteroatoms. The average Bonchev–Trinajstić information content (AvgIpc) is 2.11. The van der Waals surface area contributed by atoms with Crippen LogP contribution in [0.1, 0.15) is 6.92 Å². The number of nitrogen functional groups attached to an aromatic ring is 1. The van der Waals surface area contributed by atoms with Crippen molar-refractivity contribution in [2.24, 2.45) is 0 Å². The monoisotopic (exact) mass is 214 g/mol. The van der Waals surface area contributed by atoms with Crippen LogP contribution in [0.4, 0.5) is 11.4 Å². The van der Waals surface area contributed by atoms with Gasteiger partial charge < -0.3 is 16.2 Å². The second kappa shape index (κ2) is 4.30. The van der Waals surface area contributed by atoms with E-state index >= 15 is 0 Å². The maximum atomic E-state index is 11.1. The molecular formula is C9H11ClN2O2. The maximum Gasteiger partial charge on any atom is 0.252 e. The Kier molecular flexibility index (Phi) is 3.33. The predicted molar refractivity (Wildman–Crippen MR) is 56.2 cm³/mol. The van der Waals surface area contributed by atoms with Crippen LogP contribution in [0.2, 0.25) is 5.02 Å². The average molecular weight is 215 g/mol. The highest BCUT2D eigenvalue weighted by molar-refractivity contribution is 6.31. The van der Waals surface area contributed by atoms with Gasteiger partial charge in [-0.3, -0.25) is 4.79 Å². The number of nitrogens with two attached hydrogens (primary N) is 1. The summed E-state index contributed by atoms with van der Waals surface area (Å²) in [5, 5.41) is 11.9. The minimum absolute atomic E-state index is 0.406. The van der Waals surface area contributed by atoms with E-state index in [1.807, 2.05) is 0 Å². The molecule has 14 heavy (non-hydrogen) atoms. The first-order valence-electron chi connectivity index (χ1n) is 4.04. The molecule has 1 atom stereocenters. The van der Waals surface area contributed by atoms with Crippen molar-refractivity contribution in [1.82, 2.24) is 0 Å². The maximum absolute atomic E-state index is 11.1.